The highest BCUT2D eigenvalue weighted by atomic mass is 16.2. The summed E-state index contributed by atoms with van der Waals surface area (Å²) in [6, 6.07) is 6.26. The first-order valence-electron chi connectivity index (χ1n) is 7.77. The molecule has 0 saturated carbocycles. The number of carbonyl (C=O) groups excluding carboxylic acids is 1. The second-order valence-corrected chi connectivity index (χ2v) is 5.99. The molecule has 1 amide bonds. The van der Waals surface area contributed by atoms with Crippen LogP contribution in [0.2, 0.25) is 0 Å². The van der Waals surface area contributed by atoms with Gasteiger partial charge in [-0.1, -0.05) is 18.2 Å². The van der Waals surface area contributed by atoms with Gasteiger partial charge in [-0.2, -0.15) is 0 Å². The number of anilines is 1. The van der Waals surface area contributed by atoms with Crippen LogP contribution in [-0.4, -0.2) is 36.1 Å². The average Bonchev–Trinajstić information content (AvgIpc) is 2.87. The second kappa shape index (κ2) is 5.96. The number of likely N-dealkylation sites (N-methyl/N-ethyl adjacent to an activating group) is 1. The lowest BCUT2D eigenvalue weighted by Crippen LogP contribution is -2.56. The third kappa shape index (κ3) is 2.59. The fourth-order valence-corrected chi connectivity index (χ4v) is 3.61. The van der Waals surface area contributed by atoms with Crippen LogP contribution in [0, 0.1) is 13.8 Å². The topological polar surface area (TPSA) is 29.1 Å². The van der Waals surface area contributed by atoms with Crippen LogP contribution in [0.15, 0.2) is 18.2 Å². The number of amides is 1. The Morgan fingerprint density at radius 3 is 2.40 bits per heavy atom. The molecule has 2 rings (SSSR count). The molecule has 3 heteroatoms. The lowest BCUT2D eigenvalue weighted by molar-refractivity contribution is -0.927. The molecule has 1 aliphatic rings. The Labute approximate surface area is 122 Å². The first-order chi connectivity index (χ1) is 9.54. The van der Waals surface area contributed by atoms with Crippen molar-refractivity contribution in [2.24, 2.45) is 0 Å². The highest BCUT2D eigenvalue weighted by Gasteiger charge is 2.43. The number of nitrogens with zero attached hydrogens (tertiary/aromatic N) is 1. The Kier molecular flexibility index (Phi) is 4.48. The van der Waals surface area contributed by atoms with E-state index in [1.165, 1.54) is 0 Å². The molecule has 1 saturated heterocycles. The number of para-hydroxylation sites is 1. The molecule has 1 heterocycles. The van der Waals surface area contributed by atoms with E-state index in [4.69, 9.17) is 0 Å². The fraction of sp³-hybridized carbons (Fsp3) is 0.588. The smallest absolute Gasteiger partial charge is 0.282 e. The van der Waals surface area contributed by atoms with Crippen molar-refractivity contribution in [2.75, 3.05) is 25.0 Å². The summed E-state index contributed by atoms with van der Waals surface area (Å²) < 4.78 is 0.941. The zero-order valence-electron chi connectivity index (χ0n) is 13.2. The van der Waals surface area contributed by atoms with E-state index in [1.807, 2.05) is 6.07 Å². The SMILES string of the molecule is CC[N+]1(CC)CCCC1C(=O)Nc1c(C)cccc1C. The van der Waals surface area contributed by atoms with Gasteiger partial charge in [-0.3, -0.25) is 4.79 Å². The minimum Gasteiger partial charge on any atom is -0.320 e. The number of quaternary nitrogens is 1. The molecule has 1 atom stereocenters. The molecular weight excluding hydrogens is 248 g/mol. The molecular formula is C17H27N2O+. The number of nitrogens with one attached hydrogen (secondary N) is 1. The number of aryl methyl sites for hydroxylation is 2. The van der Waals surface area contributed by atoms with E-state index in [0.29, 0.717) is 0 Å². The molecule has 0 aromatic heterocycles. The number of carbonyl (C=O) groups is 1. The Bertz CT molecular complexity index is 472. The largest absolute Gasteiger partial charge is 0.320 e. The lowest BCUT2D eigenvalue weighted by Gasteiger charge is -2.37. The lowest BCUT2D eigenvalue weighted by atomic mass is 10.1. The number of rotatable bonds is 4. The Balaban J connectivity index is 2.20. The number of benzene rings is 1. The molecule has 110 valence electrons. The van der Waals surface area contributed by atoms with Gasteiger partial charge in [-0.05, 0) is 38.8 Å². The van der Waals surface area contributed by atoms with Crippen LogP contribution in [0.25, 0.3) is 0 Å². The van der Waals surface area contributed by atoms with E-state index in [2.05, 4.69) is 45.1 Å². The summed E-state index contributed by atoms with van der Waals surface area (Å²) >= 11 is 0. The van der Waals surface area contributed by atoms with Crippen molar-refractivity contribution in [2.45, 2.75) is 46.6 Å². The van der Waals surface area contributed by atoms with Gasteiger partial charge in [-0.25, -0.2) is 0 Å². The van der Waals surface area contributed by atoms with Gasteiger partial charge in [0.1, 0.15) is 0 Å². The summed E-state index contributed by atoms with van der Waals surface area (Å²) in [5.41, 5.74) is 3.28. The average molecular weight is 275 g/mol. The third-order valence-electron chi connectivity index (χ3n) is 5.03. The van der Waals surface area contributed by atoms with Crippen LogP contribution >= 0.6 is 0 Å². The van der Waals surface area contributed by atoms with Gasteiger partial charge in [0.25, 0.3) is 5.91 Å². The van der Waals surface area contributed by atoms with Crippen LogP contribution in [0.4, 0.5) is 5.69 Å². The van der Waals surface area contributed by atoms with E-state index >= 15 is 0 Å². The van der Waals surface area contributed by atoms with E-state index < -0.39 is 0 Å². The Morgan fingerprint density at radius 2 is 1.85 bits per heavy atom. The van der Waals surface area contributed by atoms with Crippen molar-refractivity contribution in [1.82, 2.24) is 0 Å². The first kappa shape index (κ1) is 15.0. The molecule has 1 N–H and O–H groups in total. The highest BCUT2D eigenvalue weighted by Crippen LogP contribution is 2.28. The summed E-state index contributed by atoms with van der Waals surface area (Å²) in [6.45, 7) is 11.7. The van der Waals surface area contributed by atoms with Crippen molar-refractivity contribution in [3.8, 4) is 0 Å². The quantitative estimate of drug-likeness (QED) is 0.840. The van der Waals surface area contributed by atoms with Gasteiger partial charge in [0.05, 0.1) is 19.6 Å². The molecule has 20 heavy (non-hydrogen) atoms. The predicted octanol–water partition coefficient (Wildman–Crippen LogP) is 3.26. The number of hydrogen-bond donors (Lipinski definition) is 1. The maximum Gasteiger partial charge on any atom is 0.282 e. The molecule has 3 nitrogen and oxygen atoms in total. The van der Waals surface area contributed by atoms with Gasteiger partial charge in [0, 0.05) is 18.5 Å². The Hall–Kier alpha value is -1.35. The summed E-state index contributed by atoms with van der Waals surface area (Å²) in [5, 5.41) is 3.19. The monoisotopic (exact) mass is 275 g/mol. The van der Waals surface area contributed by atoms with Gasteiger partial charge < -0.3 is 9.80 Å². The first-order valence-corrected chi connectivity index (χ1v) is 7.77. The van der Waals surface area contributed by atoms with E-state index in [0.717, 1.165) is 53.8 Å². The maximum absolute atomic E-state index is 12.7. The zero-order chi connectivity index (χ0) is 14.8. The van der Waals surface area contributed by atoms with Crippen LogP contribution < -0.4 is 5.32 Å². The summed E-state index contributed by atoms with van der Waals surface area (Å²) in [7, 11) is 0. The highest BCUT2D eigenvalue weighted by molar-refractivity contribution is 5.95. The van der Waals surface area contributed by atoms with Gasteiger partial charge >= 0.3 is 0 Å². The van der Waals surface area contributed by atoms with Gasteiger partial charge in [0.2, 0.25) is 0 Å². The minimum atomic E-state index is 0.115. The molecule has 1 aromatic carbocycles. The van der Waals surface area contributed by atoms with Crippen LogP contribution in [0.5, 0.6) is 0 Å². The standard InChI is InChI=1S/C17H26N2O/c1-5-19(6-2)12-8-11-15(19)17(20)18-16-13(3)9-7-10-14(16)4/h7,9-10,15H,5-6,8,11-12H2,1-4H3/p+1. The molecule has 0 spiro atoms. The van der Waals surface area contributed by atoms with Crippen molar-refractivity contribution in [1.29, 1.82) is 0 Å². The van der Waals surface area contributed by atoms with Crippen molar-refractivity contribution >= 4 is 11.6 Å². The van der Waals surface area contributed by atoms with Gasteiger partial charge in [0.15, 0.2) is 6.04 Å². The van der Waals surface area contributed by atoms with Crippen LogP contribution in [0.3, 0.4) is 0 Å². The molecule has 1 unspecified atom stereocenters. The second-order valence-electron chi connectivity index (χ2n) is 5.99. The summed E-state index contributed by atoms with van der Waals surface area (Å²) in [6.07, 6.45) is 2.17. The normalized spacial score (nSPS) is 20.9. The fourth-order valence-electron chi connectivity index (χ4n) is 3.61. The molecule has 0 radical (unpaired) electrons. The Morgan fingerprint density at radius 1 is 1.25 bits per heavy atom. The van der Waals surface area contributed by atoms with E-state index in [1.54, 1.807) is 0 Å². The van der Waals surface area contributed by atoms with Crippen molar-refractivity contribution in [3.05, 3.63) is 29.3 Å². The molecule has 0 bridgehead atoms. The summed E-state index contributed by atoms with van der Waals surface area (Å²) in [5.74, 6) is 0.198. The maximum atomic E-state index is 12.7. The van der Waals surface area contributed by atoms with Crippen molar-refractivity contribution in [3.63, 3.8) is 0 Å². The van der Waals surface area contributed by atoms with E-state index in [-0.39, 0.29) is 11.9 Å². The predicted molar refractivity (Wildman–Crippen MR) is 83.8 cm³/mol. The van der Waals surface area contributed by atoms with Gasteiger partial charge in [-0.15, -0.1) is 0 Å². The third-order valence-corrected chi connectivity index (χ3v) is 5.03. The van der Waals surface area contributed by atoms with Crippen LogP contribution in [0.1, 0.15) is 37.8 Å². The van der Waals surface area contributed by atoms with Crippen LogP contribution in [-0.2, 0) is 4.79 Å². The van der Waals surface area contributed by atoms with E-state index in [9.17, 15) is 4.79 Å². The van der Waals surface area contributed by atoms with Crippen molar-refractivity contribution < 1.29 is 9.28 Å². The molecule has 0 aliphatic carbocycles. The number of hydrogen-bond acceptors (Lipinski definition) is 1. The summed E-state index contributed by atoms with van der Waals surface area (Å²) in [4.78, 5) is 12.7. The molecule has 1 fully saturated rings. The molecule has 1 aliphatic heterocycles. The molecule has 1 aromatic rings. The number of likely N-dealkylation sites (tertiary alicyclic amines) is 1. The minimum absolute atomic E-state index is 0.115. The zero-order valence-corrected chi connectivity index (χ0v) is 13.2.